The highest BCUT2D eigenvalue weighted by Gasteiger charge is 2.24. The van der Waals surface area contributed by atoms with E-state index in [1.165, 1.54) is 0 Å². The van der Waals surface area contributed by atoms with Gasteiger partial charge in [0.1, 0.15) is 0 Å². The summed E-state index contributed by atoms with van der Waals surface area (Å²) >= 11 is 1.64. The van der Waals surface area contributed by atoms with E-state index in [-0.39, 0.29) is 5.91 Å². The maximum atomic E-state index is 13.5. The standard InChI is InChI=1S/C23H20N4OS/c28-23(27-13-11-26(12-14-27)17-7-9-24-10-8-17)19-16-21(22-6-3-15-29-22)25-20-5-2-1-4-18(19)20/h1-10,15-16H,11-14H2. The van der Waals surface area contributed by atoms with Crippen molar-refractivity contribution >= 4 is 33.8 Å². The van der Waals surface area contributed by atoms with Crippen LogP contribution in [0.15, 0.2) is 72.4 Å². The zero-order chi connectivity index (χ0) is 19.6. The van der Waals surface area contributed by atoms with Gasteiger partial charge in [0.05, 0.1) is 21.7 Å². The second-order valence-electron chi connectivity index (χ2n) is 7.03. The Kier molecular flexibility index (Phi) is 4.69. The third-order valence-electron chi connectivity index (χ3n) is 5.31. The van der Waals surface area contributed by atoms with Crippen LogP contribution in [0.25, 0.3) is 21.5 Å². The van der Waals surface area contributed by atoms with Crippen molar-refractivity contribution in [3.63, 3.8) is 0 Å². The third-order valence-corrected chi connectivity index (χ3v) is 6.21. The number of rotatable bonds is 3. The number of hydrogen-bond donors (Lipinski definition) is 0. The van der Waals surface area contributed by atoms with Crippen LogP contribution in [0.5, 0.6) is 0 Å². The fourth-order valence-electron chi connectivity index (χ4n) is 3.80. The van der Waals surface area contributed by atoms with Crippen LogP contribution in [0.3, 0.4) is 0 Å². The topological polar surface area (TPSA) is 49.3 Å². The quantitative estimate of drug-likeness (QED) is 0.514. The van der Waals surface area contributed by atoms with Crippen LogP contribution >= 0.6 is 11.3 Å². The summed E-state index contributed by atoms with van der Waals surface area (Å²) in [6.45, 7) is 3.03. The number of piperazine rings is 1. The van der Waals surface area contributed by atoms with Gasteiger partial charge in [-0.2, -0.15) is 0 Å². The van der Waals surface area contributed by atoms with Crippen molar-refractivity contribution in [1.29, 1.82) is 0 Å². The molecule has 3 aromatic heterocycles. The number of nitrogens with zero attached hydrogens (tertiary/aromatic N) is 4. The van der Waals surface area contributed by atoms with Gasteiger partial charge in [-0.05, 0) is 35.7 Å². The van der Waals surface area contributed by atoms with E-state index in [4.69, 9.17) is 4.98 Å². The molecule has 4 heterocycles. The van der Waals surface area contributed by atoms with Crippen molar-refractivity contribution in [3.8, 4) is 10.6 Å². The molecule has 0 atom stereocenters. The van der Waals surface area contributed by atoms with Crippen LogP contribution in [0, 0.1) is 0 Å². The Morgan fingerprint density at radius 1 is 0.931 bits per heavy atom. The molecule has 5 nitrogen and oxygen atoms in total. The number of benzene rings is 1. The van der Waals surface area contributed by atoms with Crippen molar-refractivity contribution in [2.75, 3.05) is 31.1 Å². The number of carbonyl (C=O) groups excluding carboxylic acids is 1. The van der Waals surface area contributed by atoms with E-state index in [2.05, 4.69) is 9.88 Å². The lowest BCUT2D eigenvalue weighted by molar-refractivity contribution is 0.0748. The number of anilines is 1. The molecule has 0 radical (unpaired) electrons. The number of fused-ring (bicyclic) bond motifs is 1. The van der Waals surface area contributed by atoms with Gasteiger partial charge in [-0.25, -0.2) is 4.98 Å². The van der Waals surface area contributed by atoms with Crippen molar-refractivity contribution < 1.29 is 4.79 Å². The number of para-hydroxylation sites is 1. The van der Waals surface area contributed by atoms with Gasteiger partial charge in [0.25, 0.3) is 5.91 Å². The second kappa shape index (κ2) is 7.64. The molecule has 4 aromatic rings. The molecule has 1 amide bonds. The lowest BCUT2D eigenvalue weighted by atomic mass is 10.1. The molecule has 1 aliphatic rings. The second-order valence-corrected chi connectivity index (χ2v) is 7.98. The summed E-state index contributed by atoms with van der Waals surface area (Å²) in [5, 5.41) is 2.95. The van der Waals surface area contributed by atoms with Crippen molar-refractivity contribution in [3.05, 3.63) is 77.9 Å². The molecule has 1 aromatic carbocycles. The zero-order valence-electron chi connectivity index (χ0n) is 15.9. The van der Waals surface area contributed by atoms with Crippen molar-refractivity contribution in [1.82, 2.24) is 14.9 Å². The third kappa shape index (κ3) is 3.47. The Morgan fingerprint density at radius 3 is 2.48 bits per heavy atom. The van der Waals surface area contributed by atoms with Gasteiger partial charge in [-0.15, -0.1) is 11.3 Å². The number of carbonyl (C=O) groups is 1. The summed E-state index contributed by atoms with van der Waals surface area (Å²) in [5.41, 5.74) is 3.60. The number of hydrogen-bond acceptors (Lipinski definition) is 5. The lowest BCUT2D eigenvalue weighted by Crippen LogP contribution is -2.48. The molecule has 0 bridgehead atoms. The van der Waals surface area contributed by atoms with E-state index in [1.54, 1.807) is 11.3 Å². The van der Waals surface area contributed by atoms with E-state index < -0.39 is 0 Å². The first kappa shape index (κ1) is 17.8. The monoisotopic (exact) mass is 400 g/mol. The van der Waals surface area contributed by atoms with Gasteiger partial charge in [0, 0.05) is 49.6 Å². The molecular formula is C23H20N4OS. The van der Waals surface area contributed by atoms with E-state index in [0.29, 0.717) is 13.1 Å². The minimum absolute atomic E-state index is 0.0794. The number of aromatic nitrogens is 2. The van der Waals surface area contributed by atoms with Crippen LogP contribution in [-0.4, -0.2) is 47.0 Å². The average molecular weight is 401 g/mol. The van der Waals surface area contributed by atoms with Crippen LogP contribution in [0.4, 0.5) is 5.69 Å². The Hall–Kier alpha value is -3.25. The summed E-state index contributed by atoms with van der Waals surface area (Å²) in [4.78, 5) is 27.7. The normalized spacial score (nSPS) is 14.3. The zero-order valence-corrected chi connectivity index (χ0v) is 16.7. The molecule has 0 saturated carbocycles. The van der Waals surface area contributed by atoms with E-state index in [0.717, 1.165) is 45.8 Å². The Bertz CT molecular complexity index is 1140. The Morgan fingerprint density at radius 2 is 1.72 bits per heavy atom. The minimum atomic E-state index is 0.0794. The summed E-state index contributed by atoms with van der Waals surface area (Å²) < 4.78 is 0. The van der Waals surface area contributed by atoms with Gasteiger partial charge in [0.15, 0.2) is 0 Å². The highest BCUT2D eigenvalue weighted by Crippen LogP contribution is 2.29. The summed E-state index contributed by atoms with van der Waals surface area (Å²) in [6, 6.07) is 17.9. The molecule has 1 saturated heterocycles. The van der Waals surface area contributed by atoms with Crippen LogP contribution in [-0.2, 0) is 0 Å². The van der Waals surface area contributed by atoms with Gasteiger partial charge in [0.2, 0.25) is 0 Å². The summed E-state index contributed by atoms with van der Waals surface area (Å²) in [6.07, 6.45) is 3.62. The predicted molar refractivity (Wildman–Crippen MR) is 117 cm³/mol. The molecule has 0 N–H and O–H groups in total. The minimum Gasteiger partial charge on any atom is -0.368 e. The highest BCUT2D eigenvalue weighted by molar-refractivity contribution is 7.13. The van der Waals surface area contributed by atoms with Crippen LogP contribution < -0.4 is 4.90 Å². The number of thiophene rings is 1. The first-order valence-corrected chi connectivity index (χ1v) is 10.6. The van der Waals surface area contributed by atoms with Crippen molar-refractivity contribution in [2.45, 2.75) is 0 Å². The molecule has 0 spiro atoms. The van der Waals surface area contributed by atoms with Gasteiger partial charge in [-0.3, -0.25) is 9.78 Å². The fourth-order valence-corrected chi connectivity index (χ4v) is 4.48. The lowest BCUT2D eigenvalue weighted by Gasteiger charge is -2.36. The van der Waals surface area contributed by atoms with E-state index in [9.17, 15) is 4.79 Å². The molecule has 5 rings (SSSR count). The summed E-state index contributed by atoms with van der Waals surface area (Å²) in [7, 11) is 0. The Labute approximate surface area is 173 Å². The first-order valence-electron chi connectivity index (χ1n) is 9.67. The van der Waals surface area contributed by atoms with Crippen LogP contribution in [0.1, 0.15) is 10.4 Å². The van der Waals surface area contributed by atoms with Gasteiger partial charge >= 0.3 is 0 Å². The fraction of sp³-hybridized carbons (Fsp3) is 0.174. The Balaban J connectivity index is 1.44. The molecule has 144 valence electrons. The molecule has 1 aliphatic heterocycles. The largest absolute Gasteiger partial charge is 0.368 e. The highest BCUT2D eigenvalue weighted by atomic mass is 32.1. The van der Waals surface area contributed by atoms with E-state index in [1.807, 2.05) is 77.3 Å². The molecule has 0 aliphatic carbocycles. The molecular weight excluding hydrogens is 380 g/mol. The van der Waals surface area contributed by atoms with E-state index >= 15 is 0 Å². The molecule has 1 fully saturated rings. The summed E-state index contributed by atoms with van der Waals surface area (Å²) in [5.74, 6) is 0.0794. The molecule has 0 unspecified atom stereocenters. The SMILES string of the molecule is O=C(c1cc(-c2cccs2)nc2ccccc12)N1CCN(c2ccncc2)CC1. The van der Waals surface area contributed by atoms with Gasteiger partial charge in [-0.1, -0.05) is 24.3 Å². The number of amides is 1. The maximum absolute atomic E-state index is 13.5. The van der Waals surface area contributed by atoms with Crippen LogP contribution in [0.2, 0.25) is 0 Å². The molecule has 29 heavy (non-hydrogen) atoms. The van der Waals surface area contributed by atoms with Gasteiger partial charge < -0.3 is 9.80 Å². The van der Waals surface area contributed by atoms with Crippen molar-refractivity contribution in [2.24, 2.45) is 0 Å². The maximum Gasteiger partial charge on any atom is 0.254 e. The smallest absolute Gasteiger partial charge is 0.254 e. The number of pyridine rings is 2. The molecule has 6 heteroatoms. The first-order chi connectivity index (χ1) is 14.3. The predicted octanol–water partition coefficient (Wildman–Crippen LogP) is 4.32. The average Bonchev–Trinajstić information content (AvgIpc) is 3.34.